The van der Waals surface area contributed by atoms with Crippen LogP contribution < -0.4 is 9.54 Å². The van der Waals surface area contributed by atoms with Gasteiger partial charge in [-0.2, -0.15) is 5.10 Å². The minimum atomic E-state index is 0.0814. The van der Waals surface area contributed by atoms with E-state index < -0.39 is 0 Å². The minimum Gasteiger partial charge on any atom is -0.504 e. The van der Waals surface area contributed by atoms with Gasteiger partial charge in [-0.1, -0.05) is 30.4 Å². The van der Waals surface area contributed by atoms with Crippen LogP contribution in [0.4, 0.5) is 0 Å². The number of phenolic OH excluding ortho intramolecular Hbond substituents is 1. The summed E-state index contributed by atoms with van der Waals surface area (Å²) in [5, 5.41) is 17.5. The smallest absolute Gasteiger partial charge is 0.206 e. The number of aromatic hydroxyl groups is 1. The zero-order valence-corrected chi connectivity index (χ0v) is 17.5. The van der Waals surface area contributed by atoms with Gasteiger partial charge in [0.05, 0.1) is 19.9 Å². The maximum absolute atomic E-state index is 9.81. The van der Waals surface area contributed by atoms with Gasteiger partial charge in [0.2, 0.25) is 4.80 Å². The zero-order valence-electron chi connectivity index (χ0n) is 16.7. The average Bonchev–Trinajstić information content (AvgIpc) is 3.35. The molecular weight excluding hydrogens is 398 g/mol. The maximum atomic E-state index is 9.81. The quantitative estimate of drug-likeness (QED) is 0.352. The minimum absolute atomic E-state index is 0.0814. The molecule has 0 unspecified atom stereocenters. The summed E-state index contributed by atoms with van der Waals surface area (Å²) in [4.78, 5) is 5.36. The van der Waals surface area contributed by atoms with Gasteiger partial charge < -0.3 is 14.3 Å². The topological polar surface area (TPSA) is 72.2 Å². The Morgan fingerprint density at radius 3 is 2.87 bits per heavy atom. The van der Waals surface area contributed by atoms with Gasteiger partial charge in [-0.3, -0.25) is 4.99 Å². The number of furan rings is 1. The van der Waals surface area contributed by atoms with E-state index in [4.69, 9.17) is 9.15 Å². The van der Waals surface area contributed by atoms with Crippen molar-refractivity contribution in [1.82, 2.24) is 4.68 Å². The number of aromatic nitrogens is 1. The van der Waals surface area contributed by atoms with Crippen molar-refractivity contribution >= 4 is 28.5 Å². The van der Waals surface area contributed by atoms with Crippen LogP contribution in [-0.2, 0) is 0 Å². The number of fused-ring (bicyclic) bond motifs is 1. The first kappa shape index (κ1) is 19.7. The summed E-state index contributed by atoms with van der Waals surface area (Å²) in [7, 11) is 1.51. The second kappa shape index (κ2) is 8.42. The van der Waals surface area contributed by atoms with Crippen LogP contribution in [0.25, 0.3) is 22.4 Å². The molecule has 1 N–H and O–H groups in total. The Kier molecular flexibility index (Phi) is 5.54. The Labute approximate surface area is 177 Å². The number of hydrogen-bond donors (Lipinski definition) is 1. The Balaban J connectivity index is 1.80. The van der Waals surface area contributed by atoms with Crippen molar-refractivity contribution in [3.63, 3.8) is 0 Å². The molecule has 0 aliphatic carbocycles. The van der Waals surface area contributed by atoms with Gasteiger partial charge >= 0.3 is 0 Å². The predicted octanol–water partition coefficient (Wildman–Crippen LogP) is 5.04. The number of ether oxygens (including phenoxy) is 1. The molecule has 30 heavy (non-hydrogen) atoms. The van der Waals surface area contributed by atoms with E-state index in [0.29, 0.717) is 18.1 Å². The molecule has 0 aliphatic rings. The van der Waals surface area contributed by atoms with Crippen LogP contribution in [0.15, 0.2) is 80.6 Å². The van der Waals surface area contributed by atoms with E-state index in [1.54, 1.807) is 29.1 Å². The van der Waals surface area contributed by atoms with Crippen LogP contribution in [-0.4, -0.2) is 29.7 Å². The predicted molar refractivity (Wildman–Crippen MR) is 120 cm³/mol. The number of nitrogens with zero attached hydrogens (tertiary/aromatic N) is 3. The molecule has 152 valence electrons. The van der Waals surface area contributed by atoms with Crippen molar-refractivity contribution in [2.75, 3.05) is 13.7 Å². The van der Waals surface area contributed by atoms with Crippen molar-refractivity contribution in [3.8, 4) is 23.0 Å². The van der Waals surface area contributed by atoms with E-state index in [2.05, 4.69) is 16.7 Å². The van der Waals surface area contributed by atoms with Crippen LogP contribution >= 0.6 is 11.3 Å². The highest BCUT2D eigenvalue weighted by molar-refractivity contribution is 7.07. The molecular formula is C23H21N3O3S. The number of methoxy groups -OCH3 is 1. The molecule has 6 nitrogen and oxygen atoms in total. The molecule has 4 aromatic rings. The largest absolute Gasteiger partial charge is 0.504 e. The zero-order chi connectivity index (χ0) is 21.1. The summed E-state index contributed by atoms with van der Waals surface area (Å²) in [5.41, 5.74) is 3.37. The summed E-state index contributed by atoms with van der Waals surface area (Å²) in [6.07, 6.45) is 1.70. The van der Waals surface area contributed by atoms with Gasteiger partial charge in [-0.25, -0.2) is 4.68 Å². The first-order valence-corrected chi connectivity index (χ1v) is 10.2. The van der Waals surface area contributed by atoms with E-state index in [1.807, 2.05) is 42.6 Å². The molecule has 0 bridgehead atoms. The SMILES string of the molecule is C=C(C)CN=c1scc(-c2cc3ccccc3o2)n1N=Cc1ccc(O)c(OC)c1. The summed E-state index contributed by atoms with van der Waals surface area (Å²) in [6.45, 7) is 6.38. The molecule has 4 rings (SSSR count). The highest BCUT2D eigenvalue weighted by Crippen LogP contribution is 2.28. The summed E-state index contributed by atoms with van der Waals surface area (Å²) in [6, 6.07) is 14.9. The first-order valence-electron chi connectivity index (χ1n) is 9.31. The lowest BCUT2D eigenvalue weighted by atomic mass is 10.2. The van der Waals surface area contributed by atoms with Crippen LogP contribution in [0.2, 0.25) is 0 Å². The molecule has 0 atom stereocenters. The van der Waals surface area contributed by atoms with E-state index in [0.717, 1.165) is 32.6 Å². The van der Waals surface area contributed by atoms with Crippen molar-refractivity contribution in [2.45, 2.75) is 6.92 Å². The average molecular weight is 420 g/mol. The second-order valence-electron chi connectivity index (χ2n) is 6.81. The van der Waals surface area contributed by atoms with Gasteiger partial charge in [-0.05, 0) is 42.8 Å². The van der Waals surface area contributed by atoms with Crippen molar-refractivity contribution in [1.29, 1.82) is 0 Å². The highest BCUT2D eigenvalue weighted by atomic mass is 32.1. The molecule has 0 amide bonds. The molecule has 2 aromatic heterocycles. The monoisotopic (exact) mass is 419 g/mol. The molecule has 2 heterocycles. The maximum Gasteiger partial charge on any atom is 0.206 e. The van der Waals surface area contributed by atoms with Gasteiger partial charge in [0, 0.05) is 10.8 Å². The lowest BCUT2D eigenvalue weighted by molar-refractivity contribution is 0.373. The van der Waals surface area contributed by atoms with Crippen LogP contribution in [0, 0.1) is 0 Å². The Bertz CT molecular complexity index is 1280. The molecule has 7 heteroatoms. The summed E-state index contributed by atoms with van der Waals surface area (Å²) >= 11 is 1.48. The lowest BCUT2D eigenvalue weighted by Gasteiger charge is -2.04. The van der Waals surface area contributed by atoms with E-state index in [9.17, 15) is 5.11 Å². The summed E-state index contributed by atoms with van der Waals surface area (Å²) in [5.74, 6) is 1.18. The van der Waals surface area contributed by atoms with Crippen LogP contribution in [0.1, 0.15) is 12.5 Å². The molecule has 0 saturated heterocycles. The van der Waals surface area contributed by atoms with Crippen LogP contribution in [0.5, 0.6) is 11.5 Å². The van der Waals surface area contributed by atoms with Gasteiger partial charge in [-0.15, -0.1) is 11.3 Å². The molecule has 2 aromatic carbocycles. The number of para-hydroxylation sites is 1. The third-order valence-electron chi connectivity index (χ3n) is 4.37. The number of benzene rings is 2. The number of rotatable bonds is 6. The number of thiazole rings is 1. The first-order chi connectivity index (χ1) is 14.5. The lowest BCUT2D eigenvalue weighted by Crippen LogP contribution is -2.12. The third kappa shape index (κ3) is 4.06. The fraction of sp³-hybridized carbons (Fsp3) is 0.130. The van der Waals surface area contributed by atoms with E-state index >= 15 is 0 Å². The molecule has 0 spiro atoms. The van der Waals surface area contributed by atoms with Crippen molar-refractivity contribution < 1.29 is 14.3 Å². The summed E-state index contributed by atoms with van der Waals surface area (Å²) < 4.78 is 13.0. The van der Waals surface area contributed by atoms with E-state index in [1.165, 1.54) is 18.4 Å². The third-order valence-corrected chi connectivity index (χ3v) is 5.23. The van der Waals surface area contributed by atoms with Crippen molar-refractivity contribution in [2.24, 2.45) is 10.1 Å². The van der Waals surface area contributed by atoms with Gasteiger partial charge in [0.25, 0.3) is 0 Å². The van der Waals surface area contributed by atoms with Gasteiger partial charge in [0.1, 0.15) is 11.3 Å². The number of hydrogen-bond acceptors (Lipinski definition) is 6. The Morgan fingerprint density at radius 1 is 1.27 bits per heavy atom. The van der Waals surface area contributed by atoms with E-state index in [-0.39, 0.29) is 5.75 Å². The Morgan fingerprint density at radius 2 is 2.10 bits per heavy atom. The normalized spacial score (nSPS) is 12.1. The second-order valence-corrected chi connectivity index (χ2v) is 7.65. The molecule has 0 fully saturated rings. The number of phenols is 1. The molecule has 0 aliphatic heterocycles. The Hall–Kier alpha value is -3.58. The molecule has 0 saturated carbocycles. The van der Waals surface area contributed by atoms with Crippen LogP contribution in [0.3, 0.4) is 0 Å². The highest BCUT2D eigenvalue weighted by Gasteiger charge is 2.13. The standard InChI is InChI=1S/C23H21N3O3S/c1-15(2)12-24-23-26(25-13-16-8-9-19(27)22(10-16)28-3)18(14-30-23)21-11-17-6-4-5-7-20(17)29-21/h4-11,13-14,27H,1,12H2,2-3H3. The fourth-order valence-corrected chi connectivity index (χ4v) is 3.72. The molecule has 0 radical (unpaired) electrons. The van der Waals surface area contributed by atoms with Gasteiger partial charge in [0.15, 0.2) is 17.3 Å². The van der Waals surface area contributed by atoms with Crippen molar-refractivity contribution in [3.05, 3.63) is 76.4 Å². The fourth-order valence-electron chi connectivity index (χ4n) is 2.90.